The van der Waals surface area contributed by atoms with Crippen LogP contribution in [0.2, 0.25) is 0 Å². The van der Waals surface area contributed by atoms with Crippen molar-refractivity contribution < 1.29 is 28.8 Å². The fraction of sp³-hybridized carbons (Fsp3) is 0.500. The molecule has 0 bridgehead atoms. The number of amides is 1. The van der Waals surface area contributed by atoms with Crippen molar-refractivity contribution in [3.63, 3.8) is 0 Å². The minimum absolute atomic E-state index is 0.0959. The van der Waals surface area contributed by atoms with E-state index in [9.17, 15) is 9.90 Å². The average molecular weight is 456 g/mol. The zero-order valence-electron chi connectivity index (χ0n) is 19.8. The van der Waals surface area contributed by atoms with Crippen molar-refractivity contribution >= 4 is 5.91 Å². The number of ether oxygens (including phenoxy) is 4. The SMILES string of the molecule is COc1ccccc1C(=O)N1CC[C@]2(O)CCCC[C@H]2[C@H]1c1cc(OC)c(OC)c(OC)c1. The number of carbonyl (C=O) groups excluding carboxylic acids is 1. The van der Waals surface area contributed by atoms with Crippen molar-refractivity contribution in [2.24, 2.45) is 5.92 Å². The summed E-state index contributed by atoms with van der Waals surface area (Å²) < 4.78 is 22.2. The number of para-hydroxylation sites is 1. The van der Waals surface area contributed by atoms with Crippen molar-refractivity contribution in [3.8, 4) is 23.0 Å². The van der Waals surface area contributed by atoms with E-state index < -0.39 is 5.60 Å². The van der Waals surface area contributed by atoms with Gasteiger partial charge in [-0.25, -0.2) is 0 Å². The third kappa shape index (κ3) is 4.10. The van der Waals surface area contributed by atoms with E-state index in [0.717, 1.165) is 31.2 Å². The number of hydrogen-bond donors (Lipinski definition) is 1. The van der Waals surface area contributed by atoms with Crippen molar-refractivity contribution in [3.05, 3.63) is 47.5 Å². The molecule has 0 spiro atoms. The van der Waals surface area contributed by atoms with Gasteiger partial charge in [0.1, 0.15) is 5.75 Å². The Morgan fingerprint density at radius 2 is 1.61 bits per heavy atom. The van der Waals surface area contributed by atoms with Gasteiger partial charge < -0.3 is 29.0 Å². The molecule has 3 atom stereocenters. The highest BCUT2D eigenvalue weighted by molar-refractivity contribution is 5.97. The lowest BCUT2D eigenvalue weighted by molar-refractivity contribution is -0.115. The number of nitrogens with zero attached hydrogens (tertiary/aromatic N) is 1. The van der Waals surface area contributed by atoms with Gasteiger partial charge in [-0.05, 0) is 49.1 Å². The van der Waals surface area contributed by atoms with Gasteiger partial charge in [-0.1, -0.05) is 25.0 Å². The molecule has 1 aliphatic carbocycles. The summed E-state index contributed by atoms with van der Waals surface area (Å²) in [5.41, 5.74) is 0.567. The molecule has 178 valence electrons. The van der Waals surface area contributed by atoms with Gasteiger partial charge in [0.25, 0.3) is 5.91 Å². The Morgan fingerprint density at radius 3 is 2.24 bits per heavy atom. The molecule has 7 heteroatoms. The zero-order valence-corrected chi connectivity index (χ0v) is 19.8. The predicted molar refractivity (Wildman–Crippen MR) is 124 cm³/mol. The standard InChI is InChI=1S/C26H33NO6/c1-30-20-11-6-5-9-18(20)25(28)27-14-13-26(29)12-8-7-10-19(26)23(27)17-15-21(31-2)24(33-4)22(16-17)32-3/h5-6,9,11,15-16,19,23,29H,7-8,10,12-14H2,1-4H3/t19-,23+,26+/m0/s1. The number of carbonyl (C=O) groups is 1. The molecule has 2 fully saturated rings. The summed E-state index contributed by atoms with van der Waals surface area (Å²) in [6.07, 6.45) is 4.16. The van der Waals surface area contributed by atoms with Gasteiger partial charge in [-0.15, -0.1) is 0 Å². The molecular weight excluding hydrogens is 422 g/mol. The minimum Gasteiger partial charge on any atom is -0.496 e. The average Bonchev–Trinajstić information content (AvgIpc) is 2.86. The van der Waals surface area contributed by atoms with Gasteiger partial charge in [0.2, 0.25) is 5.75 Å². The van der Waals surface area contributed by atoms with Gasteiger partial charge in [0.05, 0.1) is 45.6 Å². The Morgan fingerprint density at radius 1 is 0.939 bits per heavy atom. The summed E-state index contributed by atoms with van der Waals surface area (Å²) in [5, 5.41) is 11.6. The monoisotopic (exact) mass is 455 g/mol. The first-order valence-corrected chi connectivity index (χ1v) is 11.4. The predicted octanol–water partition coefficient (Wildman–Crippen LogP) is 4.23. The van der Waals surface area contributed by atoms with Crippen LogP contribution in [-0.2, 0) is 0 Å². The van der Waals surface area contributed by atoms with E-state index in [1.165, 1.54) is 0 Å². The molecule has 1 N–H and O–H groups in total. The molecular formula is C26H33NO6. The molecule has 0 aromatic heterocycles. The molecule has 2 aliphatic rings. The van der Waals surface area contributed by atoms with Crippen LogP contribution in [0.4, 0.5) is 0 Å². The van der Waals surface area contributed by atoms with Crippen LogP contribution >= 0.6 is 0 Å². The number of rotatable bonds is 6. The molecule has 33 heavy (non-hydrogen) atoms. The highest BCUT2D eigenvalue weighted by Gasteiger charge is 2.50. The minimum atomic E-state index is -0.805. The highest BCUT2D eigenvalue weighted by atomic mass is 16.5. The summed E-state index contributed by atoms with van der Waals surface area (Å²) >= 11 is 0. The second kappa shape index (κ2) is 9.51. The lowest BCUT2D eigenvalue weighted by atomic mass is 9.66. The summed E-state index contributed by atoms with van der Waals surface area (Å²) in [4.78, 5) is 15.7. The number of benzene rings is 2. The van der Waals surface area contributed by atoms with Gasteiger partial charge in [-0.3, -0.25) is 4.79 Å². The highest BCUT2D eigenvalue weighted by Crippen LogP contribution is 2.52. The molecule has 1 saturated carbocycles. The normalized spacial score (nSPS) is 24.6. The van der Waals surface area contributed by atoms with Crippen LogP contribution in [0.5, 0.6) is 23.0 Å². The number of hydrogen-bond acceptors (Lipinski definition) is 6. The quantitative estimate of drug-likeness (QED) is 0.703. The summed E-state index contributed by atoms with van der Waals surface area (Å²) in [6.45, 7) is 0.450. The van der Waals surface area contributed by atoms with Gasteiger partial charge in [-0.2, -0.15) is 0 Å². The lowest BCUT2D eigenvalue weighted by Gasteiger charge is -2.52. The summed E-state index contributed by atoms with van der Waals surface area (Å²) in [7, 11) is 6.30. The Balaban J connectivity index is 1.85. The smallest absolute Gasteiger partial charge is 0.258 e. The molecule has 0 unspecified atom stereocenters. The van der Waals surface area contributed by atoms with Crippen molar-refractivity contribution in [2.75, 3.05) is 35.0 Å². The number of methoxy groups -OCH3 is 4. The van der Waals surface area contributed by atoms with E-state index in [0.29, 0.717) is 41.5 Å². The molecule has 2 aromatic carbocycles. The largest absolute Gasteiger partial charge is 0.496 e. The Hall–Kier alpha value is -2.93. The van der Waals surface area contributed by atoms with E-state index >= 15 is 0 Å². The number of fused-ring (bicyclic) bond motifs is 1. The summed E-state index contributed by atoms with van der Waals surface area (Å²) in [5.74, 6) is 1.89. The second-order valence-corrected chi connectivity index (χ2v) is 8.81. The van der Waals surface area contributed by atoms with Crippen LogP contribution in [0, 0.1) is 5.92 Å². The Kier molecular flexibility index (Phi) is 6.70. The van der Waals surface area contributed by atoms with E-state index in [2.05, 4.69) is 0 Å². The molecule has 1 amide bonds. The third-order valence-corrected chi connectivity index (χ3v) is 7.19. The number of aliphatic hydroxyl groups is 1. The molecule has 1 aliphatic heterocycles. The van der Waals surface area contributed by atoms with E-state index in [4.69, 9.17) is 18.9 Å². The molecule has 0 radical (unpaired) electrons. The van der Waals surface area contributed by atoms with Gasteiger partial charge in [0.15, 0.2) is 11.5 Å². The maximum Gasteiger partial charge on any atom is 0.258 e. The lowest BCUT2D eigenvalue weighted by Crippen LogP contribution is -2.56. The molecule has 7 nitrogen and oxygen atoms in total. The zero-order chi connectivity index (χ0) is 23.6. The second-order valence-electron chi connectivity index (χ2n) is 8.81. The maximum absolute atomic E-state index is 13.9. The van der Waals surface area contributed by atoms with Crippen LogP contribution < -0.4 is 18.9 Å². The third-order valence-electron chi connectivity index (χ3n) is 7.19. The van der Waals surface area contributed by atoms with E-state index in [-0.39, 0.29) is 17.9 Å². The van der Waals surface area contributed by atoms with Crippen LogP contribution in [0.3, 0.4) is 0 Å². The fourth-order valence-corrected chi connectivity index (χ4v) is 5.57. The first-order chi connectivity index (χ1) is 16.0. The van der Waals surface area contributed by atoms with Crippen LogP contribution in [0.25, 0.3) is 0 Å². The van der Waals surface area contributed by atoms with Crippen molar-refractivity contribution in [1.29, 1.82) is 0 Å². The van der Waals surface area contributed by atoms with Crippen LogP contribution in [0.1, 0.15) is 54.1 Å². The van der Waals surface area contributed by atoms with Crippen molar-refractivity contribution in [2.45, 2.75) is 43.7 Å². The topological polar surface area (TPSA) is 77.5 Å². The molecule has 2 aromatic rings. The molecule has 1 saturated heterocycles. The van der Waals surface area contributed by atoms with Crippen molar-refractivity contribution in [1.82, 2.24) is 4.90 Å². The number of likely N-dealkylation sites (tertiary alicyclic amines) is 1. The fourth-order valence-electron chi connectivity index (χ4n) is 5.57. The Bertz CT molecular complexity index is 983. The first-order valence-electron chi connectivity index (χ1n) is 11.4. The van der Waals surface area contributed by atoms with Gasteiger partial charge in [0, 0.05) is 12.5 Å². The van der Waals surface area contributed by atoms with Crippen LogP contribution in [0.15, 0.2) is 36.4 Å². The summed E-state index contributed by atoms with van der Waals surface area (Å²) in [6, 6.07) is 10.7. The number of piperidine rings is 1. The maximum atomic E-state index is 13.9. The van der Waals surface area contributed by atoms with Gasteiger partial charge >= 0.3 is 0 Å². The van der Waals surface area contributed by atoms with Crippen LogP contribution in [-0.4, -0.2) is 56.5 Å². The first kappa shape index (κ1) is 23.2. The Labute approximate surface area is 195 Å². The molecule has 1 heterocycles. The van der Waals surface area contributed by atoms with E-state index in [1.54, 1.807) is 40.6 Å². The van der Waals surface area contributed by atoms with E-state index in [1.807, 2.05) is 29.2 Å². The molecule has 4 rings (SSSR count).